The van der Waals surface area contributed by atoms with Crippen LogP contribution in [0.25, 0.3) is 0 Å². The molecule has 0 aliphatic rings. The van der Waals surface area contributed by atoms with Gasteiger partial charge in [0.1, 0.15) is 0 Å². The van der Waals surface area contributed by atoms with Crippen molar-refractivity contribution in [3.8, 4) is 0 Å². The maximum atomic E-state index is 12.1. The van der Waals surface area contributed by atoms with Crippen molar-refractivity contribution in [2.45, 2.75) is 128 Å². The number of methoxy groups -OCH3 is 1. The standard InChI is InChI=1S/C27H52N2O5/c1-3-4-5-6-7-8-9-10-11-12-13-14-17-20-25(31)24(23-30)29-26(32)21-18-15-16-19-22-28-27(33)34-2/h17,20,24-25,30-31H,3-16,18-19,21-23H2,1-2H3,(H,28,33)(H,29,32)/b20-17+/t24-,25+/m0/s1. The molecular formula is C27H52N2O5. The van der Waals surface area contributed by atoms with Crippen LogP contribution in [0.3, 0.4) is 0 Å². The number of unbranched alkanes of at least 4 members (excludes halogenated alkanes) is 14. The zero-order valence-electron chi connectivity index (χ0n) is 21.9. The molecular weight excluding hydrogens is 432 g/mol. The Morgan fingerprint density at radius 1 is 0.853 bits per heavy atom. The van der Waals surface area contributed by atoms with Crippen molar-refractivity contribution in [3.05, 3.63) is 12.2 Å². The van der Waals surface area contributed by atoms with E-state index in [0.29, 0.717) is 13.0 Å². The van der Waals surface area contributed by atoms with Gasteiger partial charge in [-0.05, 0) is 25.7 Å². The van der Waals surface area contributed by atoms with Crippen LogP contribution in [0.1, 0.15) is 116 Å². The summed E-state index contributed by atoms with van der Waals surface area (Å²) in [6.45, 7) is 2.51. The number of hydrogen-bond donors (Lipinski definition) is 4. The van der Waals surface area contributed by atoms with E-state index in [1.54, 1.807) is 6.08 Å². The topological polar surface area (TPSA) is 108 Å². The summed E-state index contributed by atoms with van der Waals surface area (Å²) in [6.07, 6.45) is 21.3. The van der Waals surface area contributed by atoms with Crippen LogP contribution < -0.4 is 10.6 Å². The second-order valence-corrected chi connectivity index (χ2v) is 9.18. The molecule has 7 nitrogen and oxygen atoms in total. The monoisotopic (exact) mass is 484 g/mol. The highest BCUT2D eigenvalue weighted by Crippen LogP contribution is 2.12. The van der Waals surface area contributed by atoms with Crippen LogP contribution in [0.15, 0.2) is 12.2 Å². The summed E-state index contributed by atoms with van der Waals surface area (Å²) >= 11 is 0. The first-order chi connectivity index (χ1) is 16.5. The minimum Gasteiger partial charge on any atom is -0.453 e. The normalized spacial score (nSPS) is 13.1. The molecule has 0 aromatic carbocycles. The smallest absolute Gasteiger partial charge is 0.406 e. The first kappa shape index (κ1) is 32.4. The third-order valence-corrected chi connectivity index (χ3v) is 6.05. The molecule has 0 rings (SSSR count). The van der Waals surface area contributed by atoms with Gasteiger partial charge in [0.15, 0.2) is 0 Å². The Morgan fingerprint density at radius 3 is 2.00 bits per heavy atom. The zero-order chi connectivity index (χ0) is 25.3. The summed E-state index contributed by atoms with van der Waals surface area (Å²) in [4.78, 5) is 23.0. The Morgan fingerprint density at radius 2 is 1.41 bits per heavy atom. The molecule has 0 aromatic heterocycles. The Hall–Kier alpha value is -1.60. The number of aliphatic hydroxyl groups is 2. The second-order valence-electron chi connectivity index (χ2n) is 9.18. The summed E-state index contributed by atoms with van der Waals surface area (Å²) < 4.78 is 4.50. The van der Waals surface area contributed by atoms with E-state index >= 15 is 0 Å². The third-order valence-electron chi connectivity index (χ3n) is 6.05. The number of hydrogen-bond acceptors (Lipinski definition) is 5. The molecule has 0 unspecified atom stereocenters. The molecule has 7 heteroatoms. The van der Waals surface area contributed by atoms with Crippen LogP contribution in [0.4, 0.5) is 4.79 Å². The Bertz CT molecular complexity index is 513. The summed E-state index contributed by atoms with van der Waals surface area (Å²) in [5.74, 6) is -0.162. The van der Waals surface area contributed by atoms with Crippen LogP contribution in [0.2, 0.25) is 0 Å². The highest BCUT2D eigenvalue weighted by molar-refractivity contribution is 5.76. The lowest BCUT2D eigenvalue weighted by molar-refractivity contribution is -0.123. The molecule has 34 heavy (non-hydrogen) atoms. The van der Waals surface area contributed by atoms with E-state index in [2.05, 4.69) is 22.3 Å². The van der Waals surface area contributed by atoms with Crippen molar-refractivity contribution in [1.29, 1.82) is 0 Å². The highest BCUT2D eigenvalue weighted by atomic mass is 16.5. The lowest BCUT2D eigenvalue weighted by Gasteiger charge is -2.20. The average molecular weight is 485 g/mol. The van der Waals surface area contributed by atoms with E-state index in [0.717, 1.165) is 38.5 Å². The quantitative estimate of drug-likeness (QED) is 0.115. The molecule has 0 aliphatic heterocycles. The molecule has 0 aliphatic carbocycles. The van der Waals surface area contributed by atoms with Crippen molar-refractivity contribution >= 4 is 12.0 Å². The second kappa shape index (κ2) is 24.5. The summed E-state index contributed by atoms with van der Waals surface area (Å²) in [5.41, 5.74) is 0. The maximum Gasteiger partial charge on any atom is 0.406 e. The van der Waals surface area contributed by atoms with E-state index in [-0.39, 0.29) is 12.5 Å². The predicted octanol–water partition coefficient (Wildman–Crippen LogP) is 5.39. The largest absolute Gasteiger partial charge is 0.453 e. The van der Waals surface area contributed by atoms with Crippen molar-refractivity contribution in [2.24, 2.45) is 0 Å². The van der Waals surface area contributed by atoms with Gasteiger partial charge in [0.2, 0.25) is 5.91 Å². The number of ether oxygens (including phenoxy) is 1. The molecule has 2 atom stereocenters. The van der Waals surface area contributed by atoms with Gasteiger partial charge in [-0.3, -0.25) is 4.79 Å². The van der Waals surface area contributed by atoms with Gasteiger partial charge in [-0.15, -0.1) is 0 Å². The highest BCUT2D eigenvalue weighted by Gasteiger charge is 2.17. The molecule has 4 N–H and O–H groups in total. The van der Waals surface area contributed by atoms with Crippen LogP contribution in [-0.2, 0) is 9.53 Å². The molecule has 0 spiro atoms. The fraction of sp³-hybridized carbons (Fsp3) is 0.852. The van der Waals surface area contributed by atoms with Crippen LogP contribution >= 0.6 is 0 Å². The van der Waals surface area contributed by atoms with Gasteiger partial charge < -0.3 is 25.6 Å². The molecule has 200 valence electrons. The number of alkyl carbamates (subject to hydrolysis) is 1. The Labute approximate surface area is 208 Å². The minimum atomic E-state index is -0.883. The SMILES string of the molecule is CCCCCCCCCCCCC/C=C/[C@@H](O)[C@H](CO)NC(=O)CCCCCCNC(=O)OC. The van der Waals surface area contributed by atoms with Crippen molar-refractivity contribution < 1.29 is 24.5 Å². The van der Waals surface area contributed by atoms with Crippen molar-refractivity contribution in [1.82, 2.24) is 10.6 Å². The number of nitrogens with one attached hydrogen (secondary N) is 2. The minimum absolute atomic E-state index is 0.162. The molecule has 2 amide bonds. The molecule has 0 saturated carbocycles. The molecule has 0 fully saturated rings. The Kier molecular flexibility index (Phi) is 23.4. The van der Waals surface area contributed by atoms with Gasteiger partial charge in [-0.2, -0.15) is 0 Å². The van der Waals surface area contributed by atoms with Crippen LogP contribution in [0, 0.1) is 0 Å². The van der Waals surface area contributed by atoms with Gasteiger partial charge in [0.05, 0.1) is 25.9 Å². The molecule has 0 aromatic rings. The molecule has 0 saturated heterocycles. The van der Waals surface area contributed by atoms with Gasteiger partial charge in [0.25, 0.3) is 0 Å². The van der Waals surface area contributed by atoms with Gasteiger partial charge in [0, 0.05) is 13.0 Å². The molecule has 0 bridgehead atoms. The maximum absolute atomic E-state index is 12.1. The fourth-order valence-corrected chi connectivity index (χ4v) is 3.84. The molecule has 0 radical (unpaired) electrons. The van der Waals surface area contributed by atoms with Gasteiger partial charge in [-0.1, -0.05) is 96.1 Å². The fourth-order valence-electron chi connectivity index (χ4n) is 3.84. The summed E-state index contributed by atoms with van der Waals surface area (Å²) in [6, 6.07) is -0.676. The number of carbonyl (C=O) groups is 2. The number of carbonyl (C=O) groups excluding carboxylic acids is 2. The lowest BCUT2D eigenvalue weighted by Crippen LogP contribution is -2.45. The summed E-state index contributed by atoms with van der Waals surface area (Å²) in [7, 11) is 1.33. The van der Waals surface area contributed by atoms with Crippen LogP contribution in [0.5, 0.6) is 0 Å². The number of amides is 2. The first-order valence-electron chi connectivity index (χ1n) is 13.6. The molecule has 0 heterocycles. The first-order valence-corrected chi connectivity index (χ1v) is 13.6. The van der Waals surface area contributed by atoms with E-state index < -0.39 is 18.2 Å². The zero-order valence-corrected chi connectivity index (χ0v) is 21.9. The lowest BCUT2D eigenvalue weighted by atomic mass is 10.0. The van der Waals surface area contributed by atoms with Crippen molar-refractivity contribution in [2.75, 3.05) is 20.3 Å². The van der Waals surface area contributed by atoms with E-state index in [4.69, 9.17) is 0 Å². The van der Waals surface area contributed by atoms with Gasteiger partial charge >= 0.3 is 6.09 Å². The van der Waals surface area contributed by atoms with E-state index in [9.17, 15) is 19.8 Å². The number of rotatable bonds is 23. The third kappa shape index (κ3) is 21.0. The van der Waals surface area contributed by atoms with E-state index in [1.807, 2.05) is 6.08 Å². The number of allylic oxidation sites excluding steroid dienone is 1. The Balaban J connectivity index is 3.73. The van der Waals surface area contributed by atoms with Crippen LogP contribution in [-0.4, -0.2) is 54.6 Å². The summed E-state index contributed by atoms with van der Waals surface area (Å²) in [5, 5.41) is 25.1. The number of aliphatic hydroxyl groups excluding tert-OH is 2. The van der Waals surface area contributed by atoms with E-state index in [1.165, 1.54) is 71.3 Å². The predicted molar refractivity (Wildman–Crippen MR) is 139 cm³/mol. The van der Waals surface area contributed by atoms with Crippen molar-refractivity contribution in [3.63, 3.8) is 0 Å². The average Bonchev–Trinajstić information content (AvgIpc) is 2.84. The van der Waals surface area contributed by atoms with Gasteiger partial charge in [-0.25, -0.2) is 4.79 Å².